The predicted molar refractivity (Wildman–Crippen MR) is 89.2 cm³/mol. The molecule has 22 heavy (non-hydrogen) atoms. The molecule has 3 rings (SSSR count). The van der Waals surface area contributed by atoms with E-state index in [1.807, 2.05) is 31.4 Å². The van der Waals surface area contributed by atoms with E-state index >= 15 is 0 Å². The van der Waals surface area contributed by atoms with E-state index in [1.165, 1.54) is 24.0 Å². The quantitative estimate of drug-likeness (QED) is 0.917. The molecule has 116 valence electrons. The van der Waals surface area contributed by atoms with Crippen LogP contribution in [0, 0.1) is 0 Å². The molecular formula is C18H23N3O. The number of ether oxygens (including phenoxy) is 1. The van der Waals surface area contributed by atoms with E-state index in [9.17, 15) is 0 Å². The SMILES string of the molecule is CNc1ncccc1C1CCCN1Cc1ccc(OC)cc1. The second-order valence-corrected chi connectivity index (χ2v) is 5.67. The summed E-state index contributed by atoms with van der Waals surface area (Å²) in [5, 5.41) is 3.22. The highest BCUT2D eigenvalue weighted by molar-refractivity contribution is 5.45. The molecule has 0 spiro atoms. The van der Waals surface area contributed by atoms with Crippen molar-refractivity contribution in [3.63, 3.8) is 0 Å². The number of hydrogen-bond donors (Lipinski definition) is 1. The van der Waals surface area contributed by atoms with Crippen molar-refractivity contribution in [3.05, 3.63) is 53.7 Å². The van der Waals surface area contributed by atoms with E-state index in [2.05, 4.69) is 33.4 Å². The van der Waals surface area contributed by atoms with E-state index in [-0.39, 0.29) is 0 Å². The third-order valence-corrected chi connectivity index (χ3v) is 4.34. The second kappa shape index (κ2) is 6.79. The molecule has 2 aromatic rings. The van der Waals surface area contributed by atoms with Gasteiger partial charge in [0.2, 0.25) is 0 Å². The van der Waals surface area contributed by atoms with Crippen molar-refractivity contribution in [2.45, 2.75) is 25.4 Å². The van der Waals surface area contributed by atoms with Gasteiger partial charge in [0.25, 0.3) is 0 Å². The van der Waals surface area contributed by atoms with Gasteiger partial charge < -0.3 is 10.1 Å². The third kappa shape index (κ3) is 3.07. The Hall–Kier alpha value is -2.07. The molecule has 1 saturated heterocycles. The maximum atomic E-state index is 5.23. The number of likely N-dealkylation sites (tertiary alicyclic amines) is 1. The van der Waals surface area contributed by atoms with Gasteiger partial charge in [-0.3, -0.25) is 4.90 Å². The van der Waals surface area contributed by atoms with Gasteiger partial charge in [-0.15, -0.1) is 0 Å². The summed E-state index contributed by atoms with van der Waals surface area (Å²) in [4.78, 5) is 6.99. The molecule has 4 nitrogen and oxygen atoms in total. The number of aromatic nitrogens is 1. The lowest BCUT2D eigenvalue weighted by molar-refractivity contribution is 0.248. The van der Waals surface area contributed by atoms with Gasteiger partial charge in [-0.25, -0.2) is 4.98 Å². The fourth-order valence-corrected chi connectivity index (χ4v) is 3.23. The maximum absolute atomic E-state index is 5.23. The fourth-order valence-electron chi connectivity index (χ4n) is 3.23. The van der Waals surface area contributed by atoms with Crippen molar-refractivity contribution < 1.29 is 4.74 Å². The summed E-state index contributed by atoms with van der Waals surface area (Å²) in [5.74, 6) is 1.90. The monoisotopic (exact) mass is 297 g/mol. The first-order valence-electron chi connectivity index (χ1n) is 7.81. The van der Waals surface area contributed by atoms with Crippen LogP contribution in [0.25, 0.3) is 0 Å². The Bertz CT molecular complexity index is 612. The number of benzene rings is 1. The molecule has 1 aromatic heterocycles. The van der Waals surface area contributed by atoms with E-state index < -0.39 is 0 Å². The molecule has 1 unspecified atom stereocenters. The molecule has 1 aliphatic heterocycles. The van der Waals surface area contributed by atoms with Crippen LogP contribution in [0.4, 0.5) is 5.82 Å². The van der Waals surface area contributed by atoms with E-state index in [0.717, 1.165) is 24.7 Å². The minimum Gasteiger partial charge on any atom is -0.497 e. The lowest BCUT2D eigenvalue weighted by atomic mass is 10.0. The molecule has 1 fully saturated rings. The molecule has 1 aliphatic rings. The molecule has 0 amide bonds. The Morgan fingerprint density at radius 3 is 2.82 bits per heavy atom. The minimum absolute atomic E-state index is 0.443. The first kappa shape index (κ1) is 14.9. The van der Waals surface area contributed by atoms with Crippen LogP contribution >= 0.6 is 0 Å². The highest BCUT2D eigenvalue weighted by Gasteiger charge is 2.27. The summed E-state index contributed by atoms with van der Waals surface area (Å²) in [5.41, 5.74) is 2.62. The molecule has 0 radical (unpaired) electrons. The molecule has 0 bridgehead atoms. The average Bonchev–Trinajstić information content (AvgIpc) is 3.03. The summed E-state index contributed by atoms with van der Waals surface area (Å²) >= 11 is 0. The molecule has 1 atom stereocenters. The molecule has 1 N–H and O–H groups in total. The van der Waals surface area contributed by atoms with Gasteiger partial charge in [-0.05, 0) is 43.1 Å². The van der Waals surface area contributed by atoms with E-state index in [0.29, 0.717) is 6.04 Å². The standard InChI is InChI=1S/C18H23N3O/c1-19-18-16(5-3-11-20-18)17-6-4-12-21(17)13-14-7-9-15(22-2)10-8-14/h3,5,7-11,17H,4,6,12-13H2,1-2H3,(H,19,20). The van der Waals surface area contributed by atoms with Gasteiger partial charge in [0, 0.05) is 31.4 Å². The number of methoxy groups -OCH3 is 1. The highest BCUT2D eigenvalue weighted by atomic mass is 16.5. The van der Waals surface area contributed by atoms with E-state index in [1.54, 1.807) is 7.11 Å². The number of anilines is 1. The fraction of sp³-hybridized carbons (Fsp3) is 0.389. The average molecular weight is 297 g/mol. The van der Waals surface area contributed by atoms with Crippen LogP contribution in [-0.4, -0.2) is 30.6 Å². The molecule has 0 saturated carbocycles. The molecule has 4 heteroatoms. The Labute approximate surface area is 132 Å². The summed E-state index contributed by atoms with van der Waals surface area (Å²) in [6, 6.07) is 13.0. The third-order valence-electron chi connectivity index (χ3n) is 4.34. The van der Waals surface area contributed by atoms with Gasteiger partial charge in [-0.2, -0.15) is 0 Å². The van der Waals surface area contributed by atoms with Crippen LogP contribution < -0.4 is 10.1 Å². The summed E-state index contributed by atoms with van der Waals surface area (Å²) in [7, 11) is 3.64. The molecule has 2 heterocycles. The lowest BCUT2D eigenvalue weighted by Gasteiger charge is -2.26. The minimum atomic E-state index is 0.443. The van der Waals surface area contributed by atoms with E-state index in [4.69, 9.17) is 4.74 Å². The normalized spacial score (nSPS) is 18.4. The number of nitrogens with zero attached hydrogens (tertiary/aromatic N) is 2. The number of hydrogen-bond acceptors (Lipinski definition) is 4. The first-order chi connectivity index (χ1) is 10.8. The van der Waals surface area contributed by atoms with Gasteiger partial charge in [0.05, 0.1) is 7.11 Å². The largest absolute Gasteiger partial charge is 0.497 e. The lowest BCUT2D eigenvalue weighted by Crippen LogP contribution is -2.23. The van der Waals surface area contributed by atoms with Gasteiger partial charge >= 0.3 is 0 Å². The molecule has 0 aliphatic carbocycles. The maximum Gasteiger partial charge on any atom is 0.130 e. The summed E-state index contributed by atoms with van der Waals surface area (Å²) < 4.78 is 5.23. The van der Waals surface area contributed by atoms with Crippen LogP contribution in [0.5, 0.6) is 5.75 Å². The van der Waals surface area contributed by atoms with Crippen LogP contribution in [0.2, 0.25) is 0 Å². The van der Waals surface area contributed by atoms with Crippen LogP contribution in [0.15, 0.2) is 42.6 Å². The van der Waals surface area contributed by atoms with Crippen LogP contribution in [0.3, 0.4) is 0 Å². The first-order valence-corrected chi connectivity index (χ1v) is 7.81. The van der Waals surface area contributed by atoms with Gasteiger partial charge in [-0.1, -0.05) is 18.2 Å². The van der Waals surface area contributed by atoms with Crippen LogP contribution in [-0.2, 0) is 6.54 Å². The van der Waals surface area contributed by atoms with Crippen molar-refractivity contribution in [2.75, 3.05) is 26.0 Å². The van der Waals surface area contributed by atoms with Crippen LogP contribution in [0.1, 0.15) is 30.0 Å². The number of nitrogens with one attached hydrogen (secondary N) is 1. The molecular weight excluding hydrogens is 274 g/mol. The zero-order valence-corrected chi connectivity index (χ0v) is 13.2. The van der Waals surface area contributed by atoms with Crippen molar-refractivity contribution >= 4 is 5.82 Å². The zero-order valence-electron chi connectivity index (χ0n) is 13.2. The molecule has 1 aromatic carbocycles. The summed E-state index contributed by atoms with van der Waals surface area (Å²) in [6.07, 6.45) is 4.27. The Balaban J connectivity index is 1.77. The van der Waals surface area contributed by atoms with Crippen molar-refractivity contribution in [1.29, 1.82) is 0 Å². The predicted octanol–water partition coefficient (Wildman–Crippen LogP) is 3.47. The smallest absolute Gasteiger partial charge is 0.130 e. The van der Waals surface area contributed by atoms with Crippen molar-refractivity contribution in [2.24, 2.45) is 0 Å². The van der Waals surface area contributed by atoms with Crippen molar-refractivity contribution in [1.82, 2.24) is 9.88 Å². The topological polar surface area (TPSA) is 37.4 Å². The highest BCUT2D eigenvalue weighted by Crippen LogP contribution is 2.35. The Morgan fingerprint density at radius 2 is 2.09 bits per heavy atom. The Kier molecular flexibility index (Phi) is 4.59. The van der Waals surface area contributed by atoms with Gasteiger partial charge in [0.15, 0.2) is 0 Å². The zero-order chi connectivity index (χ0) is 15.4. The second-order valence-electron chi connectivity index (χ2n) is 5.67. The van der Waals surface area contributed by atoms with Gasteiger partial charge in [0.1, 0.15) is 11.6 Å². The summed E-state index contributed by atoms with van der Waals surface area (Å²) in [6.45, 7) is 2.10. The Morgan fingerprint density at radius 1 is 1.27 bits per heavy atom. The number of pyridine rings is 1. The van der Waals surface area contributed by atoms with Crippen molar-refractivity contribution in [3.8, 4) is 5.75 Å². The number of rotatable bonds is 5.